The van der Waals surface area contributed by atoms with Gasteiger partial charge in [0.2, 0.25) is 0 Å². The van der Waals surface area contributed by atoms with Crippen LogP contribution in [0.1, 0.15) is 37.7 Å². The fraction of sp³-hybridized carbons (Fsp3) is 0.353. The minimum absolute atomic E-state index is 0.123. The van der Waals surface area contributed by atoms with E-state index in [0.717, 1.165) is 31.9 Å². The molecule has 2 aromatic rings. The lowest BCUT2D eigenvalue weighted by Crippen LogP contribution is -2.34. The first-order valence-corrected chi connectivity index (χ1v) is 7.74. The van der Waals surface area contributed by atoms with Gasteiger partial charge in [-0.2, -0.15) is 0 Å². The molecule has 23 heavy (non-hydrogen) atoms. The second kappa shape index (κ2) is 6.64. The summed E-state index contributed by atoms with van der Waals surface area (Å²) in [5.74, 6) is -0.230. The number of nitrogens with one attached hydrogen (secondary N) is 1. The minimum atomic E-state index is -0.726. The smallest absolute Gasteiger partial charge is 0.348 e. The summed E-state index contributed by atoms with van der Waals surface area (Å²) < 4.78 is 5.12. The van der Waals surface area contributed by atoms with E-state index in [9.17, 15) is 14.7 Å². The molecule has 2 amide bonds. The Bertz CT molecular complexity index is 804. The van der Waals surface area contributed by atoms with E-state index in [1.807, 2.05) is 0 Å². The van der Waals surface area contributed by atoms with Gasteiger partial charge in [-0.15, -0.1) is 0 Å². The number of para-hydroxylation sites is 1. The highest BCUT2D eigenvalue weighted by Gasteiger charge is 2.16. The number of carbonyl (C=O) groups excluding carboxylic acids is 1. The van der Waals surface area contributed by atoms with E-state index >= 15 is 0 Å². The topological polar surface area (TPSA) is 91.9 Å². The molecule has 1 aliphatic carbocycles. The van der Waals surface area contributed by atoms with Crippen LogP contribution in [0.5, 0.6) is 5.75 Å². The van der Waals surface area contributed by atoms with Gasteiger partial charge in [-0.25, -0.2) is 14.6 Å². The molecule has 1 fully saturated rings. The lowest BCUT2D eigenvalue weighted by Gasteiger charge is -2.21. The summed E-state index contributed by atoms with van der Waals surface area (Å²) >= 11 is 0. The number of fused-ring (bicyclic) bond motifs is 1. The van der Waals surface area contributed by atoms with Crippen molar-refractivity contribution in [2.24, 2.45) is 4.99 Å². The van der Waals surface area contributed by atoms with Crippen LogP contribution in [0, 0.1) is 0 Å². The van der Waals surface area contributed by atoms with Crippen molar-refractivity contribution in [2.75, 3.05) is 0 Å². The largest absolute Gasteiger partial charge is 0.506 e. The maximum Gasteiger partial charge on any atom is 0.348 e. The van der Waals surface area contributed by atoms with Crippen LogP contribution in [0.25, 0.3) is 11.0 Å². The highest BCUT2D eigenvalue weighted by Crippen LogP contribution is 2.24. The molecule has 0 aliphatic heterocycles. The Morgan fingerprint density at radius 2 is 2.00 bits per heavy atom. The number of amides is 2. The molecule has 1 heterocycles. The van der Waals surface area contributed by atoms with Crippen LogP contribution >= 0.6 is 0 Å². The quantitative estimate of drug-likeness (QED) is 0.658. The number of nitrogens with zero attached hydrogens (tertiary/aromatic N) is 1. The van der Waals surface area contributed by atoms with Gasteiger partial charge in [0.1, 0.15) is 16.9 Å². The minimum Gasteiger partial charge on any atom is -0.506 e. The highest BCUT2D eigenvalue weighted by atomic mass is 16.4. The number of rotatable bonds is 2. The molecule has 0 spiro atoms. The van der Waals surface area contributed by atoms with Crippen molar-refractivity contribution >= 4 is 23.2 Å². The maximum absolute atomic E-state index is 11.9. The standard InChI is InChI=1S/C17H18N2O4/c20-15-12-8-4-5-9-14(12)23-16(21)13(15)10-18-17(22)19-11-6-2-1-3-7-11/h4-5,8-11,20H,1-3,6-7H2,(H,19,22). The van der Waals surface area contributed by atoms with Gasteiger partial charge in [0.05, 0.1) is 11.6 Å². The van der Waals surface area contributed by atoms with Crippen LogP contribution in [-0.4, -0.2) is 23.4 Å². The van der Waals surface area contributed by atoms with Gasteiger partial charge in [-0.1, -0.05) is 31.4 Å². The average molecular weight is 314 g/mol. The first-order chi connectivity index (χ1) is 11.1. The second-order valence-corrected chi connectivity index (χ2v) is 5.69. The number of carbonyl (C=O) groups is 1. The van der Waals surface area contributed by atoms with E-state index in [0.29, 0.717) is 11.0 Å². The first-order valence-electron chi connectivity index (χ1n) is 7.74. The molecule has 0 atom stereocenters. The van der Waals surface area contributed by atoms with Gasteiger partial charge >= 0.3 is 11.7 Å². The van der Waals surface area contributed by atoms with E-state index in [4.69, 9.17) is 4.42 Å². The molecule has 1 saturated carbocycles. The Hall–Kier alpha value is -2.63. The Labute approximate surface area is 132 Å². The third kappa shape index (κ3) is 3.41. The normalized spacial score (nSPS) is 16.0. The van der Waals surface area contributed by atoms with Crippen molar-refractivity contribution in [3.8, 4) is 5.75 Å². The summed E-state index contributed by atoms with van der Waals surface area (Å²) in [6, 6.07) is 6.27. The Balaban J connectivity index is 1.80. The van der Waals surface area contributed by atoms with E-state index in [2.05, 4.69) is 10.3 Å². The van der Waals surface area contributed by atoms with Gasteiger partial charge in [0, 0.05) is 6.04 Å². The van der Waals surface area contributed by atoms with Crippen LogP contribution in [0.15, 0.2) is 38.5 Å². The van der Waals surface area contributed by atoms with Crippen LogP contribution < -0.4 is 10.9 Å². The number of urea groups is 1. The van der Waals surface area contributed by atoms with Crippen LogP contribution in [0.3, 0.4) is 0 Å². The summed E-state index contributed by atoms with van der Waals surface area (Å²) in [6.45, 7) is 0. The molecule has 6 heteroatoms. The van der Waals surface area contributed by atoms with Crippen molar-refractivity contribution in [3.05, 3.63) is 40.2 Å². The second-order valence-electron chi connectivity index (χ2n) is 5.69. The molecule has 3 rings (SSSR count). The Morgan fingerprint density at radius 1 is 1.26 bits per heavy atom. The monoisotopic (exact) mass is 314 g/mol. The summed E-state index contributed by atoms with van der Waals surface area (Å²) in [4.78, 5) is 27.5. The number of benzene rings is 1. The van der Waals surface area contributed by atoms with Gasteiger partial charge < -0.3 is 14.8 Å². The van der Waals surface area contributed by atoms with E-state index in [1.165, 1.54) is 6.42 Å². The van der Waals surface area contributed by atoms with E-state index in [-0.39, 0.29) is 17.4 Å². The number of aromatic hydroxyl groups is 1. The summed E-state index contributed by atoms with van der Waals surface area (Å²) in [7, 11) is 0. The van der Waals surface area contributed by atoms with Gasteiger partial charge in [-0.05, 0) is 25.0 Å². The SMILES string of the molecule is O=C(N=Cc1c(O)c2ccccc2oc1=O)NC1CCCCC1. The molecule has 6 nitrogen and oxygen atoms in total. The predicted molar refractivity (Wildman–Crippen MR) is 87.1 cm³/mol. The van der Waals surface area contributed by atoms with Gasteiger partial charge in [-0.3, -0.25) is 0 Å². The molecule has 0 bridgehead atoms. The highest BCUT2D eigenvalue weighted by molar-refractivity contribution is 5.97. The van der Waals surface area contributed by atoms with Crippen LogP contribution in [0.2, 0.25) is 0 Å². The molecular formula is C17H18N2O4. The van der Waals surface area contributed by atoms with Gasteiger partial charge in [0.15, 0.2) is 0 Å². The molecule has 0 unspecified atom stereocenters. The molecule has 0 radical (unpaired) electrons. The molecule has 0 saturated heterocycles. The molecule has 2 N–H and O–H groups in total. The number of hydrogen-bond donors (Lipinski definition) is 2. The van der Waals surface area contributed by atoms with E-state index in [1.54, 1.807) is 24.3 Å². The molecule has 1 aromatic carbocycles. The zero-order chi connectivity index (χ0) is 16.2. The van der Waals surface area contributed by atoms with Crippen molar-refractivity contribution in [3.63, 3.8) is 0 Å². The van der Waals surface area contributed by atoms with Gasteiger partial charge in [0.25, 0.3) is 0 Å². The third-order valence-corrected chi connectivity index (χ3v) is 4.06. The Kier molecular flexibility index (Phi) is 4.41. The van der Waals surface area contributed by atoms with Crippen molar-refractivity contribution in [1.29, 1.82) is 0 Å². The van der Waals surface area contributed by atoms with Crippen LogP contribution in [0.4, 0.5) is 4.79 Å². The lowest BCUT2D eigenvalue weighted by atomic mass is 9.96. The van der Waals surface area contributed by atoms with Crippen molar-refractivity contribution in [1.82, 2.24) is 5.32 Å². The zero-order valence-corrected chi connectivity index (χ0v) is 12.6. The Morgan fingerprint density at radius 3 is 2.78 bits per heavy atom. The van der Waals surface area contributed by atoms with E-state index < -0.39 is 11.7 Å². The summed E-state index contributed by atoms with van der Waals surface area (Å²) in [6.07, 6.45) is 6.36. The predicted octanol–water partition coefficient (Wildman–Crippen LogP) is 2.96. The first kappa shape index (κ1) is 15.3. The molecule has 1 aromatic heterocycles. The van der Waals surface area contributed by atoms with Crippen molar-refractivity contribution in [2.45, 2.75) is 38.1 Å². The number of hydrogen-bond acceptors (Lipinski definition) is 4. The fourth-order valence-electron chi connectivity index (χ4n) is 2.84. The fourth-order valence-corrected chi connectivity index (χ4v) is 2.84. The summed E-state index contributed by atoms with van der Waals surface area (Å²) in [5, 5.41) is 13.4. The molecule has 1 aliphatic rings. The molecular weight excluding hydrogens is 296 g/mol. The third-order valence-electron chi connectivity index (χ3n) is 4.06. The maximum atomic E-state index is 11.9. The molecule has 120 valence electrons. The summed E-state index contributed by atoms with van der Waals surface area (Å²) in [5.41, 5.74) is -0.559. The number of aliphatic imine (C=N–C) groups is 1. The average Bonchev–Trinajstić information content (AvgIpc) is 2.55. The van der Waals surface area contributed by atoms with Crippen molar-refractivity contribution < 1.29 is 14.3 Å². The lowest BCUT2D eigenvalue weighted by molar-refractivity contribution is 0.241. The zero-order valence-electron chi connectivity index (χ0n) is 12.6. The van der Waals surface area contributed by atoms with Crippen LogP contribution in [-0.2, 0) is 0 Å².